The molecule has 0 aliphatic carbocycles. The summed E-state index contributed by atoms with van der Waals surface area (Å²) < 4.78 is 19.7. The zero-order valence-electron chi connectivity index (χ0n) is 18.2. The first-order valence-electron chi connectivity index (χ1n) is 10.8. The number of hydrogen-bond donors (Lipinski definition) is 0. The van der Waals surface area contributed by atoms with Gasteiger partial charge in [-0.05, 0) is 30.3 Å². The van der Waals surface area contributed by atoms with E-state index in [0.29, 0.717) is 43.1 Å². The second-order valence-electron chi connectivity index (χ2n) is 7.70. The van der Waals surface area contributed by atoms with Crippen molar-refractivity contribution in [1.29, 1.82) is 5.26 Å². The third kappa shape index (κ3) is 5.39. The van der Waals surface area contributed by atoms with Crippen LogP contribution in [0.2, 0.25) is 0 Å². The van der Waals surface area contributed by atoms with Crippen molar-refractivity contribution in [2.75, 3.05) is 31.1 Å². The molecular formula is C27H24FN3O2. The first-order valence-corrected chi connectivity index (χ1v) is 10.8. The fraction of sp³-hybridized carbons (Fsp3) is 0.185. The van der Waals surface area contributed by atoms with Gasteiger partial charge in [-0.3, -0.25) is 4.79 Å². The Bertz CT molecular complexity index is 1180. The number of piperazine rings is 1. The summed E-state index contributed by atoms with van der Waals surface area (Å²) >= 11 is 0. The Morgan fingerprint density at radius 3 is 2.33 bits per heavy atom. The van der Waals surface area contributed by atoms with Gasteiger partial charge in [-0.25, -0.2) is 4.39 Å². The van der Waals surface area contributed by atoms with Gasteiger partial charge in [0.25, 0.3) is 5.91 Å². The predicted octanol–water partition coefficient (Wildman–Crippen LogP) is 4.66. The lowest BCUT2D eigenvalue weighted by atomic mass is 10.1. The van der Waals surface area contributed by atoms with Crippen LogP contribution in [0, 0.1) is 17.1 Å². The van der Waals surface area contributed by atoms with Gasteiger partial charge in [-0.2, -0.15) is 5.26 Å². The summed E-state index contributed by atoms with van der Waals surface area (Å²) in [5.74, 6) is -0.155. The molecule has 0 saturated carbocycles. The molecule has 0 unspecified atom stereocenters. The van der Waals surface area contributed by atoms with Crippen molar-refractivity contribution in [3.05, 3.63) is 101 Å². The minimum atomic E-state index is -0.340. The maximum Gasteiger partial charge on any atom is 0.264 e. The van der Waals surface area contributed by atoms with Crippen molar-refractivity contribution in [1.82, 2.24) is 4.90 Å². The molecule has 3 aromatic carbocycles. The third-order valence-electron chi connectivity index (χ3n) is 5.60. The van der Waals surface area contributed by atoms with E-state index in [-0.39, 0.29) is 23.9 Å². The van der Waals surface area contributed by atoms with Crippen LogP contribution in [0.15, 0.2) is 84.4 Å². The first kappa shape index (κ1) is 22.1. The van der Waals surface area contributed by atoms with Gasteiger partial charge in [0.2, 0.25) is 0 Å². The fourth-order valence-electron chi connectivity index (χ4n) is 3.78. The highest BCUT2D eigenvalue weighted by molar-refractivity contribution is 6.02. The monoisotopic (exact) mass is 441 g/mol. The molecule has 33 heavy (non-hydrogen) atoms. The first-order chi connectivity index (χ1) is 16.2. The van der Waals surface area contributed by atoms with Crippen molar-refractivity contribution in [2.45, 2.75) is 6.61 Å². The third-order valence-corrected chi connectivity index (χ3v) is 5.60. The lowest BCUT2D eigenvalue weighted by molar-refractivity contribution is -0.126. The Kier molecular flexibility index (Phi) is 7.01. The summed E-state index contributed by atoms with van der Waals surface area (Å²) in [6.07, 6.45) is 1.54. The maximum atomic E-state index is 13.9. The summed E-state index contributed by atoms with van der Waals surface area (Å²) in [6.45, 7) is 2.54. The SMILES string of the molecule is N#C/C(=C/c1ccccc1OCc1ccccc1F)C(=O)N1CCN(c2ccccc2)CC1. The van der Waals surface area contributed by atoms with Crippen LogP contribution in [0.5, 0.6) is 5.75 Å². The molecular weight excluding hydrogens is 417 g/mol. The molecule has 3 aromatic rings. The van der Waals surface area contributed by atoms with Crippen LogP contribution < -0.4 is 9.64 Å². The van der Waals surface area contributed by atoms with E-state index >= 15 is 0 Å². The quantitative estimate of drug-likeness (QED) is 0.412. The molecule has 0 N–H and O–H groups in total. The fourth-order valence-corrected chi connectivity index (χ4v) is 3.78. The molecule has 1 saturated heterocycles. The summed E-state index contributed by atoms with van der Waals surface area (Å²) in [4.78, 5) is 17.0. The Labute approximate surface area is 192 Å². The normalized spacial score (nSPS) is 14.0. The van der Waals surface area contributed by atoms with Gasteiger partial charge in [-0.15, -0.1) is 0 Å². The molecule has 0 bridgehead atoms. The molecule has 1 amide bonds. The number of carbonyl (C=O) groups excluding carboxylic acids is 1. The van der Waals surface area contributed by atoms with Gasteiger partial charge in [0, 0.05) is 43.0 Å². The average Bonchev–Trinajstić information content (AvgIpc) is 2.87. The summed E-state index contributed by atoms with van der Waals surface area (Å²) in [7, 11) is 0. The molecule has 1 fully saturated rings. The van der Waals surface area contributed by atoms with Crippen LogP contribution in [-0.4, -0.2) is 37.0 Å². The Morgan fingerprint density at radius 1 is 0.939 bits per heavy atom. The zero-order valence-corrected chi connectivity index (χ0v) is 18.2. The van der Waals surface area contributed by atoms with E-state index in [1.165, 1.54) is 6.07 Å². The predicted molar refractivity (Wildman–Crippen MR) is 126 cm³/mol. The smallest absolute Gasteiger partial charge is 0.264 e. The molecule has 1 heterocycles. The van der Waals surface area contributed by atoms with Gasteiger partial charge in [0.15, 0.2) is 0 Å². The van der Waals surface area contributed by atoms with Crippen molar-refractivity contribution < 1.29 is 13.9 Å². The summed E-state index contributed by atoms with van der Waals surface area (Å²) in [5, 5.41) is 9.69. The Morgan fingerprint density at radius 2 is 1.61 bits per heavy atom. The number of rotatable bonds is 6. The van der Waals surface area contributed by atoms with E-state index in [2.05, 4.69) is 17.0 Å². The second kappa shape index (κ2) is 10.5. The highest BCUT2D eigenvalue weighted by Gasteiger charge is 2.24. The van der Waals surface area contributed by atoms with Gasteiger partial charge < -0.3 is 14.5 Å². The summed E-state index contributed by atoms with van der Waals surface area (Å²) in [5.41, 5.74) is 2.21. The number of hydrogen-bond acceptors (Lipinski definition) is 4. The number of nitriles is 1. The summed E-state index contributed by atoms with van der Waals surface area (Å²) in [6, 6.07) is 25.6. The van der Waals surface area contributed by atoms with E-state index < -0.39 is 0 Å². The number of carbonyl (C=O) groups is 1. The minimum Gasteiger partial charge on any atom is -0.488 e. The van der Waals surface area contributed by atoms with E-state index in [9.17, 15) is 14.4 Å². The Balaban J connectivity index is 1.45. The molecule has 5 nitrogen and oxygen atoms in total. The van der Waals surface area contributed by atoms with E-state index in [4.69, 9.17) is 4.74 Å². The largest absolute Gasteiger partial charge is 0.488 e. The maximum absolute atomic E-state index is 13.9. The van der Waals surface area contributed by atoms with Crippen LogP contribution in [0.25, 0.3) is 6.08 Å². The molecule has 4 rings (SSSR count). The minimum absolute atomic E-state index is 0.0464. The number of nitrogens with zero attached hydrogens (tertiary/aromatic N) is 3. The van der Waals surface area contributed by atoms with Crippen molar-refractivity contribution in [2.24, 2.45) is 0 Å². The van der Waals surface area contributed by atoms with Gasteiger partial charge in [0.1, 0.15) is 29.8 Å². The molecule has 1 aliphatic rings. The standard InChI is InChI=1S/C27H24FN3O2/c28-25-12-6-4-9-22(25)20-33-26-13-7-5-8-21(26)18-23(19-29)27(32)31-16-14-30(15-17-31)24-10-2-1-3-11-24/h1-13,18H,14-17,20H2/b23-18-. The number of amides is 1. The Hall–Kier alpha value is -4.11. The number of halogens is 1. The van der Waals surface area contributed by atoms with Crippen LogP contribution >= 0.6 is 0 Å². The number of ether oxygens (including phenoxy) is 1. The topological polar surface area (TPSA) is 56.6 Å². The van der Waals surface area contributed by atoms with Gasteiger partial charge in [0.05, 0.1) is 0 Å². The lowest BCUT2D eigenvalue weighted by Gasteiger charge is -2.36. The molecule has 6 heteroatoms. The van der Waals surface area contributed by atoms with E-state index in [1.54, 1.807) is 53.4 Å². The number of para-hydroxylation sites is 2. The van der Waals surface area contributed by atoms with E-state index in [0.717, 1.165) is 5.69 Å². The molecule has 0 spiro atoms. The molecule has 0 atom stereocenters. The molecule has 0 aromatic heterocycles. The number of benzene rings is 3. The average molecular weight is 442 g/mol. The van der Waals surface area contributed by atoms with E-state index in [1.807, 2.05) is 24.3 Å². The van der Waals surface area contributed by atoms with Crippen molar-refractivity contribution in [3.63, 3.8) is 0 Å². The second-order valence-corrected chi connectivity index (χ2v) is 7.70. The molecule has 1 aliphatic heterocycles. The van der Waals surface area contributed by atoms with Crippen LogP contribution in [0.3, 0.4) is 0 Å². The van der Waals surface area contributed by atoms with Gasteiger partial charge >= 0.3 is 0 Å². The van der Waals surface area contributed by atoms with Gasteiger partial charge in [-0.1, -0.05) is 54.6 Å². The van der Waals surface area contributed by atoms with Crippen molar-refractivity contribution in [3.8, 4) is 11.8 Å². The highest BCUT2D eigenvalue weighted by atomic mass is 19.1. The van der Waals surface area contributed by atoms with Crippen LogP contribution in [0.4, 0.5) is 10.1 Å². The van der Waals surface area contributed by atoms with Crippen LogP contribution in [0.1, 0.15) is 11.1 Å². The lowest BCUT2D eigenvalue weighted by Crippen LogP contribution is -2.49. The highest BCUT2D eigenvalue weighted by Crippen LogP contribution is 2.24. The van der Waals surface area contributed by atoms with Crippen molar-refractivity contribution >= 4 is 17.7 Å². The molecule has 166 valence electrons. The number of anilines is 1. The zero-order chi connectivity index (χ0) is 23.0. The molecule has 0 radical (unpaired) electrons. The van der Waals surface area contributed by atoms with Crippen LogP contribution in [-0.2, 0) is 11.4 Å².